The molecule has 22 heavy (non-hydrogen) atoms. The Hall–Kier alpha value is -1.92. The third-order valence-corrected chi connectivity index (χ3v) is 4.10. The highest BCUT2D eigenvalue weighted by Crippen LogP contribution is 2.26. The van der Waals surface area contributed by atoms with E-state index in [1.807, 2.05) is 19.1 Å². The summed E-state index contributed by atoms with van der Waals surface area (Å²) >= 11 is 0. The van der Waals surface area contributed by atoms with Gasteiger partial charge in [0.1, 0.15) is 6.10 Å². The van der Waals surface area contributed by atoms with Crippen LogP contribution >= 0.6 is 0 Å². The van der Waals surface area contributed by atoms with Crippen LogP contribution in [-0.2, 0) is 20.7 Å². The van der Waals surface area contributed by atoms with Crippen molar-refractivity contribution >= 4 is 17.5 Å². The van der Waals surface area contributed by atoms with E-state index in [0.29, 0.717) is 19.6 Å². The number of ether oxygens (including phenoxy) is 1. The number of nitrogens with one attached hydrogen (secondary N) is 3. The largest absolute Gasteiger partial charge is 0.366 e. The molecule has 0 saturated carbocycles. The van der Waals surface area contributed by atoms with Crippen molar-refractivity contribution in [1.82, 2.24) is 10.6 Å². The van der Waals surface area contributed by atoms with Gasteiger partial charge >= 0.3 is 0 Å². The van der Waals surface area contributed by atoms with Crippen LogP contribution in [0.1, 0.15) is 30.5 Å². The first-order chi connectivity index (χ1) is 10.6. The molecule has 3 N–H and O–H groups in total. The van der Waals surface area contributed by atoms with Gasteiger partial charge in [-0.1, -0.05) is 12.1 Å². The quantitative estimate of drug-likeness (QED) is 0.769. The first kappa shape index (κ1) is 15.0. The standard InChI is InChI=1S/C16H21N3O3/c1-10(18-16(21)14-9-17-6-7-22-14)11-2-4-13-12(8-11)3-5-15(20)19-13/h2,4,8,10,14,17H,3,5-7,9H2,1H3,(H,18,21)(H,19,20). The number of rotatable bonds is 3. The Bertz CT molecular complexity index is 582. The van der Waals surface area contributed by atoms with Gasteiger partial charge in [-0.3, -0.25) is 9.59 Å². The van der Waals surface area contributed by atoms with E-state index in [4.69, 9.17) is 4.74 Å². The number of hydrogen-bond acceptors (Lipinski definition) is 4. The van der Waals surface area contributed by atoms with Gasteiger partial charge in [0.15, 0.2) is 0 Å². The number of carbonyl (C=O) groups excluding carboxylic acids is 2. The van der Waals surface area contributed by atoms with E-state index in [-0.39, 0.29) is 17.9 Å². The summed E-state index contributed by atoms with van der Waals surface area (Å²) in [6.45, 7) is 3.85. The molecule has 6 heteroatoms. The molecular formula is C16H21N3O3. The second kappa shape index (κ2) is 6.46. The van der Waals surface area contributed by atoms with Gasteiger partial charge < -0.3 is 20.7 Å². The lowest BCUT2D eigenvalue weighted by Gasteiger charge is -2.25. The molecule has 0 bridgehead atoms. The van der Waals surface area contributed by atoms with Gasteiger partial charge in [-0.25, -0.2) is 0 Å². The van der Waals surface area contributed by atoms with Gasteiger partial charge in [0.25, 0.3) is 5.91 Å². The van der Waals surface area contributed by atoms with Gasteiger partial charge in [-0.2, -0.15) is 0 Å². The van der Waals surface area contributed by atoms with E-state index < -0.39 is 6.10 Å². The molecule has 0 radical (unpaired) electrons. The van der Waals surface area contributed by atoms with Gasteiger partial charge in [-0.05, 0) is 30.5 Å². The number of aryl methyl sites for hydroxylation is 1. The molecule has 2 heterocycles. The fourth-order valence-electron chi connectivity index (χ4n) is 2.80. The van der Waals surface area contributed by atoms with Gasteiger partial charge in [0.2, 0.25) is 5.91 Å². The van der Waals surface area contributed by atoms with Gasteiger partial charge in [0, 0.05) is 25.2 Å². The molecular weight excluding hydrogens is 282 g/mol. The SMILES string of the molecule is CC(NC(=O)C1CNCCO1)c1ccc2c(c1)CCC(=O)N2. The monoisotopic (exact) mass is 303 g/mol. The van der Waals surface area contributed by atoms with Crippen molar-refractivity contribution in [3.05, 3.63) is 29.3 Å². The zero-order chi connectivity index (χ0) is 15.5. The van der Waals surface area contributed by atoms with Crippen molar-refractivity contribution in [2.24, 2.45) is 0 Å². The van der Waals surface area contributed by atoms with Crippen molar-refractivity contribution in [2.75, 3.05) is 25.0 Å². The summed E-state index contributed by atoms with van der Waals surface area (Å²) in [6.07, 6.45) is 0.831. The number of morpholine rings is 1. The van der Waals surface area contributed by atoms with E-state index in [9.17, 15) is 9.59 Å². The molecule has 1 saturated heterocycles. The van der Waals surface area contributed by atoms with Crippen molar-refractivity contribution in [3.63, 3.8) is 0 Å². The van der Waals surface area contributed by atoms with Crippen LogP contribution in [0.5, 0.6) is 0 Å². The molecule has 2 atom stereocenters. The average Bonchev–Trinajstić information content (AvgIpc) is 2.55. The highest BCUT2D eigenvalue weighted by atomic mass is 16.5. The lowest BCUT2D eigenvalue weighted by molar-refractivity contribution is -0.134. The van der Waals surface area contributed by atoms with Crippen LogP contribution in [0, 0.1) is 0 Å². The first-order valence-corrected chi connectivity index (χ1v) is 7.69. The molecule has 0 aromatic heterocycles. The Balaban J connectivity index is 1.65. The van der Waals surface area contributed by atoms with Crippen molar-refractivity contribution in [2.45, 2.75) is 31.9 Å². The minimum absolute atomic E-state index is 0.0588. The highest BCUT2D eigenvalue weighted by Gasteiger charge is 2.24. The number of anilines is 1. The minimum atomic E-state index is -0.423. The Morgan fingerprint density at radius 2 is 2.27 bits per heavy atom. The molecule has 3 rings (SSSR count). The summed E-state index contributed by atoms with van der Waals surface area (Å²) in [6, 6.07) is 5.80. The lowest BCUT2D eigenvalue weighted by atomic mass is 9.97. The summed E-state index contributed by atoms with van der Waals surface area (Å²) in [7, 11) is 0. The maximum absolute atomic E-state index is 12.2. The summed E-state index contributed by atoms with van der Waals surface area (Å²) in [4.78, 5) is 23.6. The number of amides is 2. The van der Waals surface area contributed by atoms with Crippen LogP contribution in [0.15, 0.2) is 18.2 Å². The van der Waals surface area contributed by atoms with Crippen molar-refractivity contribution in [1.29, 1.82) is 0 Å². The van der Waals surface area contributed by atoms with E-state index in [2.05, 4.69) is 22.0 Å². The van der Waals surface area contributed by atoms with Crippen LogP contribution in [0.25, 0.3) is 0 Å². The molecule has 2 aliphatic heterocycles. The van der Waals surface area contributed by atoms with E-state index in [1.54, 1.807) is 0 Å². The molecule has 1 aromatic carbocycles. The van der Waals surface area contributed by atoms with Crippen LogP contribution in [0.3, 0.4) is 0 Å². The smallest absolute Gasteiger partial charge is 0.250 e. The van der Waals surface area contributed by atoms with Crippen molar-refractivity contribution in [3.8, 4) is 0 Å². The molecule has 0 spiro atoms. The molecule has 1 fully saturated rings. The minimum Gasteiger partial charge on any atom is -0.366 e. The van der Waals surface area contributed by atoms with Crippen LogP contribution < -0.4 is 16.0 Å². The zero-order valence-electron chi connectivity index (χ0n) is 12.6. The molecule has 0 aliphatic carbocycles. The second-order valence-electron chi connectivity index (χ2n) is 5.76. The topological polar surface area (TPSA) is 79.5 Å². The fraction of sp³-hybridized carbons (Fsp3) is 0.500. The summed E-state index contributed by atoms with van der Waals surface area (Å²) in [5.74, 6) is -0.0331. The Labute approximate surface area is 129 Å². The molecule has 2 amide bonds. The number of carbonyl (C=O) groups is 2. The first-order valence-electron chi connectivity index (χ1n) is 7.69. The third kappa shape index (κ3) is 3.28. The predicted octanol–water partition coefficient (Wildman–Crippen LogP) is 0.737. The van der Waals surface area contributed by atoms with Crippen LogP contribution in [0.4, 0.5) is 5.69 Å². The Morgan fingerprint density at radius 3 is 3.05 bits per heavy atom. The van der Waals surface area contributed by atoms with Crippen LogP contribution in [-0.4, -0.2) is 37.6 Å². The predicted molar refractivity (Wildman–Crippen MR) is 82.6 cm³/mol. The number of benzene rings is 1. The second-order valence-corrected chi connectivity index (χ2v) is 5.76. The maximum Gasteiger partial charge on any atom is 0.250 e. The van der Waals surface area contributed by atoms with Crippen LogP contribution in [0.2, 0.25) is 0 Å². The molecule has 1 aromatic rings. The molecule has 2 unspecified atom stereocenters. The molecule has 6 nitrogen and oxygen atoms in total. The van der Waals surface area contributed by atoms with Gasteiger partial charge in [-0.15, -0.1) is 0 Å². The average molecular weight is 303 g/mol. The van der Waals surface area contributed by atoms with E-state index in [1.165, 1.54) is 0 Å². The highest BCUT2D eigenvalue weighted by molar-refractivity contribution is 5.93. The maximum atomic E-state index is 12.2. The third-order valence-electron chi connectivity index (χ3n) is 4.10. The fourth-order valence-corrected chi connectivity index (χ4v) is 2.80. The van der Waals surface area contributed by atoms with E-state index in [0.717, 1.165) is 29.8 Å². The molecule has 118 valence electrons. The Morgan fingerprint density at radius 1 is 1.41 bits per heavy atom. The number of fused-ring (bicyclic) bond motifs is 1. The summed E-state index contributed by atoms with van der Waals surface area (Å²) in [5.41, 5.74) is 3.03. The summed E-state index contributed by atoms with van der Waals surface area (Å²) < 4.78 is 5.46. The Kier molecular flexibility index (Phi) is 4.40. The normalized spacial score (nSPS) is 22.4. The summed E-state index contributed by atoms with van der Waals surface area (Å²) in [5, 5.41) is 9.00. The van der Waals surface area contributed by atoms with E-state index >= 15 is 0 Å². The zero-order valence-corrected chi connectivity index (χ0v) is 12.6. The van der Waals surface area contributed by atoms with Crippen molar-refractivity contribution < 1.29 is 14.3 Å². The number of hydrogen-bond donors (Lipinski definition) is 3. The lowest BCUT2D eigenvalue weighted by Crippen LogP contribution is -2.48. The molecule has 2 aliphatic rings. The van der Waals surface area contributed by atoms with Gasteiger partial charge in [0.05, 0.1) is 12.6 Å².